The fourth-order valence-electron chi connectivity index (χ4n) is 3.23. The summed E-state index contributed by atoms with van der Waals surface area (Å²) in [6.07, 6.45) is 1.81. The second kappa shape index (κ2) is 7.68. The summed E-state index contributed by atoms with van der Waals surface area (Å²) >= 11 is 0. The highest BCUT2D eigenvalue weighted by atomic mass is 16.4. The number of nitrogens with zero attached hydrogens (tertiary/aromatic N) is 2. The van der Waals surface area contributed by atoms with Gasteiger partial charge in [-0.1, -0.05) is 54.1 Å². The van der Waals surface area contributed by atoms with E-state index in [4.69, 9.17) is 4.98 Å². The van der Waals surface area contributed by atoms with Crippen LogP contribution >= 0.6 is 0 Å². The minimum Gasteiger partial charge on any atom is -0.478 e. The van der Waals surface area contributed by atoms with E-state index in [9.17, 15) is 9.90 Å². The molecule has 0 radical (unpaired) electrons. The van der Waals surface area contributed by atoms with E-state index in [1.54, 1.807) is 18.3 Å². The molecule has 0 atom stereocenters. The molecule has 0 aliphatic rings. The van der Waals surface area contributed by atoms with Crippen LogP contribution in [-0.2, 0) is 0 Å². The van der Waals surface area contributed by atoms with E-state index in [-0.39, 0.29) is 5.56 Å². The van der Waals surface area contributed by atoms with E-state index in [0.29, 0.717) is 11.3 Å². The van der Waals surface area contributed by atoms with Crippen molar-refractivity contribution in [2.24, 2.45) is 0 Å². The zero-order valence-electron chi connectivity index (χ0n) is 16.3. The number of hydrogen-bond donors (Lipinski definition) is 1. The average molecular weight is 380 g/mol. The number of aromatic nitrogens is 2. The van der Waals surface area contributed by atoms with Crippen molar-refractivity contribution in [3.05, 3.63) is 95.7 Å². The fourth-order valence-corrected chi connectivity index (χ4v) is 3.23. The molecule has 4 heteroatoms. The molecule has 0 saturated heterocycles. The van der Waals surface area contributed by atoms with Gasteiger partial charge < -0.3 is 5.11 Å². The molecular weight excluding hydrogens is 360 g/mol. The summed E-state index contributed by atoms with van der Waals surface area (Å²) in [7, 11) is 0. The molecule has 29 heavy (non-hydrogen) atoms. The molecular formula is C25H20N2O2. The summed E-state index contributed by atoms with van der Waals surface area (Å²) in [6, 6.07) is 22.9. The smallest absolute Gasteiger partial charge is 0.336 e. The molecule has 2 heterocycles. The number of rotatable bonds is 4. The number of pyridine rings is 2. The van der Waals surface area contributed by atoms with Crippen LogP contribution in [0.5, 0.6) is 0 Å². The second-order valence-corrected chi connectivity index (χ2v) is 7.06. The Morgan fingerprint density at radius 1 is 0.759 bits per heavy atom. The van der Waals surface area contributed by atoms with Crippen molar-refractivity contribution in [2.75, 3.05) is 0 Å². The first kappa shape index (κ1) is 18.6. The van der Waals surface area contributed by atoms with Gasteiger partial charge in [-0.2, -0.15) is 0 Å². The van der Waals surface area contributed by atoms with Crippen molar-refractivity contribution in [2.45, 2.75) is 13.8 Å². The van der Waals surface area contributed by atoms with Gasteiger partial charge in [-0.25, -0.2) is 9.78 Å². The minimum atomic E-state index is -0.954. The quantitative estimate of drug-likeness (QED) is 0.486. The topological polar surface area (TPSA) is 63.1 Å². The van der Waals surface area contributed by atoms with Gasteiger partial charge in [0.25, 0.3) is 0 Å². The van der Waals surface area contributed by atoms with Crippen molar-refractivity contribution in [3.63, 3.8) is 0 Å². The molecule has 4 rings (SSSR count). The normalized spacial score (nSPS) is 10.7. The summed E-state index contributed by atoms with van der Waals surface area (Å²) in [4.78, 5) is 21.1. The molecule has 2 aromatic heterocycles. The Balaban J connectivity index is 1.94. The molecule has 4 aromatic rings. The van der Waals surface area contributed by atoms with Crippen LogP contribution in [0.25, 0.3) is 33.8 Å². The summed E-state index contributed by atoms with van der Waals surface area (Å²) in [5.74, 6) is -0.954. The largest absolute Gasteiger partial charge is 0.478 e. The van der Waals surface area contributed by atoms with Crippen molar-refractivity contribution < 1.29 is 9.90 Å². The van der Waals surface area contributed by atoms with E-state index in [1.165, 1.54) is 5.56 Å². The highest BCUT2D eigenvalue weighted by Gasteiger charge is 2.15. The number of carboxylic acids is 1. The van der Waals surface area contributed by atoms with Crippen LogP contribution in [0.4, 0.5) is 0 Å². The van der Waals surface area contributed by atoms with Crippen molar-refractivity contribution in [1.29, 1.82) is 0 Å². The molecule has 1 N–H and O–H groups in total. The number of aryl methyl sites for hydroxylation is 2. The van der Waals surface area contributed by atoms with Gasteiger partial charge in [-0.05, 0) is 54.8 Å². The maximum absolute atomic E-state index is 11.8. The first-order chi connectivity index (χ1) is 14.0. The molecule has 0 fully saturated rings. The highest BCUT2D eigenvalue weighted by molar-refractivity contribution is 5.96. The number of carbonyl (C=O) groups is 1. The third-order valence-electron chi connectivity index (χ3n) is 4.81. The van der Waals surface area contributed by atoms with Crippen LogP contribution in [0.15, 0.2) is 79.0 Å². The van der Waals surface area contributed by atoms with Crippen LogP contribution < -0.4 is 0 Å². The summed E-state index contributed by atoms with van der Waals surface area (Å²) in [5, 5.41) is 9.63. The highest BCUT2D eigenvalue weighted by Crippen LogP contribution is 2.31. The van der Waals surface area contributed by atoms with Gasteiger partial charge in [0.15, 0.2) is 0 Å². The molecule has 4 nitrogen and oxygen atoms in total. The molecule has 0 unspecified atom stereocenters. The Labute approximate surface area is 169 Å². The average Bonchev–Trinajstić information content (AvgIpc) is 2.74. The standard InChI is InChI=1S/C25H20N2O2/c1-16-7-10-18(11-8-16)23-13-19(20-5-3-4-6-21(20)25(28)29)14-24(27-23)22-12-9-17(2)15-26-22/h3-15H,1-2H3,(H,28,29). The molecule has 0 amide bonds. The lowest BCUT2D eigenvalue weighted by molar-refractivity contribution is 0.0697. The lowest BCUT2D eigenvalue weighted by Crippen LogP contribution is -2.00. The Bertz CT molecular complexity index is 1120. The van der Waals surface area contributed by atoms with Crippen LogP contribution in [0, 0.1) is 13.8 Å². The van der Waals surface area contributed by atoms with Gasteiger partial charge in [-0.15, -0.1) is 0 Å². The monoisotopic (exact) mass is 380 g/mol. The Morgan fingerprint density at radius 3 is 2.14 bits per heavy atom. The maximum Gasteiger partial charge on any atom is 0.336 e. The van der Waals surface area contributed by atoms with Crippen molar-refractivity contribution in [1.82, 2.24) is 9.97 Å². The Hall–Kier alpha value is -3.79. The zero-order chi connectivity index (χ0) is 20.4. The predicted molar refractivity (Wildman–Crippen MR) is 115 cm³/mol. The van der Waals surface area contributed by atoms with Gasteiger partial charge in [0.1, 0.15) is 0 Å². The Kier molecular flexibility index (Phi) is 4.92. The van der Waals surface area contributed by atoms with E-state index in [1.807, 2.05) is 74.5 Å². The fraction of sp³-hybridized carbons (Fsp3) is 0.0800. The Morgan fingerprint density at radius 2 is 1.45 bits per heavy atom. The zero-order valence-corrected chi connectivity index (χ0v) is 16.3. The van der Waals surface area contributed by atoms with Crippen LogP contribution in [-0.4, -0.2) is 21.0 Å². The van der Waals surface area contributed by atoms with E-state index in [0.717, 1.165) is 28.1 Å². The lowest BCUT2D eigenvalue weighted by atomic mass is 9.97. The van der Waals surface area contributed by atoms with Gasteiger partial charge in [0.2, 0.25) is 0 Å². The predicted octanol–water partition coefficient (Wildman–Crippen LogP) is 5.79. The summed E-state index contributed by atoms with van der Waals surface area (Å²) in [5.41, 5.74) is 7.16. The van der Waals surface area contributed by atoms with Gasteiger partial charge in [0, 0.05) is 11.8 Å². The lowest BCUT2D eigenvalue weighted by Gasteiger charge is -2.12. The summed E-state index contributed by atoms with van der Waals surface area (Å²) in [6.45, 7) is 4.03. The van der Waals surface area contributed by atoms with Crippen LogP contribution in [0.2, 0.25) is 0 Å². The van der Waals surface area contributed by atoms with E-state index < -0.39 is 5.97 Å². The molecule has 0 bridgehead atoms. The molecule has 0 aliphatic heterocycles. The van der Waals surface area contributed by atoms with E-state index >= 15 is 0 Å². The van der Waals surface area contributed by atoms with Gasteiger partial charge in [-0.3, -0.25) is 4.98 Å². The molecule has 142 valence electrons. The molecule has 0 aliphatic carbocycles. The number of carboxylic acid groups (broad SMARTS) is 1. The first-order valence-corrected chi connectivity index (χ1v) is 9.36. The maximum atomic E-state index is 11.8. The second-order valence-electron chi connectivity index (χ2n) is 7.06. The van der Waals surface area contributed by atoms with E-state index in [2.05, 4.69) is 4.98 Å². The third-order valence-corrected chi connectivity index (χ3v) is 4.81. The number of aromatic carboxylic acids is 1. The van der Waals surface area contributed by atoms with Gasteiger partial charge >= 0.3 is 5.97 Å². The van der Waals surface area contributed by atoms with Crippen molar-refractivity contribution in [3.8, 4) is 33.8 Å². The number of benzene rings is 2. The first-order valence-electron chi connectivity index (χ1n) is 9.36. The third kappa shape index (κ3) is 3.92. The van der Waals surface area contributed by atoms with Crippen LogP contribution in [0.1, 0.15) is 21.5 Å². The SMILES string of the molecule is Cc1ccc(-c2cc(-c3ccccc3C(=O)O)cc(-c3ccc(C)cn3)n2)cc1. The summed E-state index contributed by atoms with van der Waals surface area (Å²) < 4.78 is 0. The molecule has 0 spiro atoms. The molecule has 0 saturated carbocycles. The van der Waals surface area contributed by atoms with Crippen molar-refractivity contribution >= 4 is 5.97 Å². The van der Waals surface area contributed by atoms with Crippen LogP contribution in [0.3, 0.4) is 0 Å². The molecule has 2 aromatic carbocycles. The minimum absolute atomic E-state index is 0.261. The number of hydrogen-bond acceptors (Lipinski definition) is 3. The van der Waals surface area contributed by atoms with Gasteiger partial charge in [0.05, 0.1) is 22.6 Å².